The minimum atomic E-state index is -4.43. The molecule has 7 heteroatoms. The molecule has 0 radical (unpaired) electrons. The minimum absolute atomic E-state index is 0.212. The van der Waals surface area contributed by atoms with Gasteiger partial charge in [-0.1, -0.05) is 11.8 Å². The van der Waals surface area contributed by atoms with Crippen molar-refractivity contribution < 1.29 is 13.2 Å². The zero-order valence-electron chi connectivity index (χ0n) is 7.17. The molecule has 1 aromatic heterocycles. The number of fused-ring (bicyclic) bond motifs is 1. The molecule has 2 heterocycles. The van der Waals surface area contributed by atoms with Crippen LogP contribution < -0.4 is 0 Å². The molecule has 1 aromatic rings. The number of alkyl halides is 3. The Morgan fingerprint density at radius 2 is 2.14 bits per heavy atom. The monoisotopic (exact) mass is 221 g/mol. The fourth-order valence-electron chi connectivity index (χ4n) is 1.17. The predicted molar refractivity (Wildman–Crippen MR) is 44.6 cm³/mol. The van der Waals surface area contributed by atoms with Crippen molar-refractivity contribution in [2.75, 3.05) is 0 Å². The summed E-state index contributed by atoms with van der Waals surface area (Å²) in [5.74, 6) is -0.924. The highest BCUT2D eigenvalue weighted by atomic mass is 32.2. The number of nitrogens with zero attached hydrogens (tertiary/aromatic N) is 3. The molecule has 2 rings (SSSR count). The Hall–Kier alpha value is -0.980. The maximum absolute atomic E-state index is 12.4. The second-order valence-electron chi connectivity index (χ2n) is 2.97. The first kappa shape index (κ1) is 9.57. The van der Waals surface area contributed by atoms with Crippen molar-refractivity contribution >= 4 is 11.8 Å². The molecule has 0 atom stereocenters. The van der Waals surface area contributed by atoms with Crippen molar-refractivity contribution in [3.05, 3.63) is 16.8 Å². The smallest absolute Gasteiger partial charge is 0.294 e. The van der Waals surface area contributed by atoms with E-state index in [-0.39, 0.29) is 6.54 Å². The molecule has 1 aliphatic rings. The summed E-state index contributed by atoms with van der Waals surface area (Å²) in [6.07, 6.45) is -4.43. The van der Waals surface area contributed by atoms with E-state index < -0.39 is 12.0 Å². The van der Waals surface area contributed by atoms with Crippen LogP contribution in [0.15, 0.2) is 16.1 Å². The van der Waals surface area contributed by atoms with Crippen molar-refractivity contribution in [1.82, 2.24) is 14.8 Å². The largest absolute Gasteiger partial charge is 0.451 e. The second kappa shape index (κ2) is 3.01. The van der Waals surface area contributed by atoms with E-state index in [0.717, 1.165) is 21.9 Å². The molecule has 0 N–H and O–H groups in total. The summed E-state index contributed by atoms with van der Waals surface area (Å²) in [4.78, 5) is 0. The van der Waals surface area contributed by atoms with Gasteiger partial charge in [-0.25, -0.2) is 0 Å². The first-order valence-electron chi connectivity index (χ1n) is 3.81. The Morgan fingerprint density at radius 1 is 1.43 bits per heavy atom. The number of thioether (sulfide) groups is 1. The number of rotatable bonds is 0. The molecular weight excluding hydrogens is 215 g/mol. The van der Waals surface area contributed by atoms with Gasteiger partial charge in [-0.3, -0.25) is 4.57 Å². The maximum Gasteiger partial charge on any atom is 0.451 e. The summed E-state index contributed by atoms with van der Waals surface area (Å²) in [6, 6.07) is 0. The van der Waals surface area contributed by atoms with E-state index in [4.69, 9.17) is 0 Å². The second-order valence-corrected chi connectivity index (χ2v) is 3.81. The number of hydrogen-bond acceptors (Lipinski definition) is 3. The molecule has 0 aromatic carbocycles. The van der Waals surface area contributed by atoms with E-state index in [2.05, 4.69) is 10.2 Å². The molecule has 0 amide bonds. The van der Waals surface area contributed by atoms with Crippen LogP contribution >= 0.6 is 11.8 Å². The molecule has 0 saturated heterocycles. The van der Waals surface area contributed by atoms with Crippen molar-refractivity contribution in [2.24, 2.45) is 0 Å². The topological polar surface area (TPSA) is 30.7 Å². The normalized spacial score (nSPS) is 16.4. The Balaban J connectivity index is 2.44. The van der Waals surface area contributed by atoms with E-state index in [0.29, 0.717) is 5.16 Å². The zero-order chi connectivity index (χ0) is 10.3. The van der Waals surface area contributed by atoms with Crippen LogP contribution in [0.4, 0.5) is 13.2 Å². The number of halogens is 3. The van der Waals surface area contributed by atoms with Crippen LogP contribution in [0.25, 0.3) is 0 Å². The first-order valence-corrected chi connectivity index (χ1v) is 4.69. The van der Waals surface area contributed by atoms with Crippen molar-refractivity contribution in [1.29, 1.82) is 0 Å². The summed E-state index contributed by atoms with van der Waals surface area (Å²) in [5, 5.41) is 8.68. The van der Waals surface area contributed by atoms with Gasteiger partial charge in [-0.05, 0) is 17.9 Å². The first-order chi connectivity index (χ1) is 6.48. The van der Waals surface area contributed by atoms with Crippen molar-refractivity contribution in [3.63, 3.8) is 0 Å². The molecule has 0 aliphatic carbocycles. The lowest BCUT2D eigenvalue weighted by Crippen LogP contribution is -2.17. The third-order valence-corrected chi connectivity index (χ3v) is 2.78. The van der Waals surface area contributed by atoms with Gasteiger partial charge in [0, 0.05) is 6.54 Å². The van der Waals surface area contributed by atoms with Gasteiger partial charge in [0.05, 0.1) is 0 Å². The highest BCUT2D eigenvalue weighted by Gasteiger charge is 2.38. The Morgan fingerprint density at radius 3 is 2.79 bits per heavy atom. The quantitative estimate of drug-likeness (QED) is 0.673. The predicted octanol–water partition coefficient (Wildman–Crippen LogP) is 2.31. The third kappa shape index (κ3) is 1.52. The summed E-state index contributed by atoms with van der Waals surface area (Å²) in [7, 11) is 0. The van der Waals surface area contributed by atoms with E-state index in [1.807, 2.05) is 0 Å². The lowest BCUT2D eigenvalue weighted by molar-refractivity contribution is -0.147. The van der Waals surface area contributed by atoms with Gasteiger partial charge in [0.1, 0.15) is 0 Å². The molecule has 0 fully saturated rings. The van der Waals surface area contributed by atoms with Gasteiger partial charge >= 0.3 is 6.18 Å². The van der Waals surface area contributed by atoms with E-state index in [1.54, 1.807) is 12.3 Å². The van der Waals surface area contributed by atoms with E-state index in [9.17, 15) is 13.2 Å². The number of hydrogen-bond donors (Lipinski definition) is 0. The standard InChI is InChI=1S/C7H6F3N3S/c1-4-2-13-5(7(8,9)10)11-12-6(13)14-3-4/h3H,2H2,1H3. The molecule has 76 valence electrons. The van der Waals surface area contributed by atoms with E-state index in [1.165, 1.54) is 0 Å². The van der Waals surface area contributed by atoms with Crippen LogP contribution in [0.2, 0.25) is 0 Å². The van der Waals surface area contributed by atoms with Gasteiger partial charge in [0.25, 0.3) is 0 Å². The molecule has 3 nitrogen and oxygen atoms in total. The van der Waals surface area contributed by atoms with Crippen LogP contribution in [0.1, 0.15) is 12.7 Å². The van der Waals surface area contributed by atoms with Gasteiger partial charge in [0.2, 0.25) is 5.82 Å². The third-order valence-electron chi connectivity index (χ3n) is 1.74. The SMILES string of the molecule is CC1=CSc2nnc(C(F)(F)F)n2C1. The average molecular weight is 221 g/mol. The van der Waals surface area contributed by atoms with Crippen molar-refractivity contribution in [3.8, 4) is 0 Å². The maximum atomic E-state index is 12.4. The highest BCUT2D eigenvalue weighted by molar-refractivity contribution is 8.02. The lowest BCUT2D eigenvalue weighted by Gasteiger charge is -2.14. The Bertz CT molecular complexity index is 393. The zero-order valence-corrected chi connectivity index (χ0v) is 7.98. The summed E-state index contributed by atoms with van der Waals surface area (Å²) in [6.45, 7) is 1.99. The lowest BCUT2D eigenvalue weighted by atomic mass is 10.3. The van der Waals surface area contributed by atoms with Crippen molar-refractivity contribution in [2.45, 2.75) is 24.8 Å². The average Bonchev–Trinajstić information content (AvgIpc) is 2.45. The summed E-state index contributed by atoms with van der Waals surface area (Å²) < 4.78 is 38.2. The molecular formula is C7H6F3N3S. The molecule has 0 bridgehead atoms. The van der Waals surface area contributed by atoms with Crippen LogP contribution in [-0.4, -0.2) is 14.8 Å². The van der Waals surface area contributed by atoms with Gasteiger partial charge < -0.3 is 0 Å². The summed E-state index contributed by atoms with van der Waals surface area (Å²) in [5.41, 5.74) is 0.868. The van der Waals surface area contributed by atoms with Gasteiger partial charge in [-0.15, -0.1) is 10.2 Å². The Labute approximate surface area is 82.0 Å². The molecule has 0 unspecified atom stereocenters. The molecule has 0 spiro atoms. The highest BCUT2D eigenvalue weighted by Crippen LogP contribution is 2.33. The number of allylic oxidation sites excluding steroid dienone is 1. The fraction of sp³-hybridized carbons (Fsp3) is 0.429. The van der Waals surface area contributed by atoms with Gasteiger partial charge in [0.15, 0.2) is 5.16 Å². The number of aromatic nitrogens is 3. The molecule has 14 heavy (non-hydrogen) atoms. The van der Waals surface area contributed by atoms with E-state index >= 15 is 0 Å². The Kier molecular flexibility index (Phi) is 2.06. The van der Waals surface area contributed by atoms with Crippen LogP contribution in [0.5, 0.6) is 0 Å². The minimum Gasteiger partial charge on any atom is -0.294 e. The van der Waals surface area contributed by atoms with Crippen LogP contribution in [0.3, 0.4) is 0 Å². The van der Waals surface area contributed by atoms with Crippen LogP contribution in [0, 0.1) is 0 Å². The summed E-state index contributed by atoms with van der Waals surface area (Å²) >= 11 is 1.16. The van der Waals surface area contributed by atoms with Gasteiger partial charge in [-0.2, -0.15) is 13.2 Å². The van der Waals surface area contributed by atoms with Crippen LogP contribution in [-0.2, 0) is 12.7 Å². The molecule has 1 aliphatic heterocycles. The molecule has 0 saturated carbocycles. The fourth-order valence-corrected chi connectivity index (χ4v) is 1.92.